The van der Waals surface area contributed by atoms with E-state index in [0.29, 0.717) is 5.56 Å². The van der Waals surface area contributed by atoms with Crippen molar-refractivity contribution in [2.75, 3.05) is 0 Å². The van der Waals surface area contributed by atoms with Crippen LogP contribution in [0.25, 0.3) is 0 Å². The van der Waals surface area contributed by atoms with Crippen LogP contribution in [-0.4, -0.2) is 10.4 Å². The van der Waals surface area contributed by atoms with Crippen molar-refractivity contribution >= 4 is 0 Å². The lowest BCUT2D eigenvalue weighted by Gasteiger charge is -2.20. The maximum atomic E-state index is 10.1. The fourth-order valence-corrected chi connectivity index (χ4v) is 1.77. The molecule has 2 rings (SSSR count). The second-order valence-electron chi connectivity index (χ2n) is 3.79. The molecule has 0 radical (unpaired) electrons. The lowest BCUT2D eigenvalue weighted by atomic mass is 9.98. The predicted molar refractivity (Wildman–Crippen MR) is 64.3 cm³/mol. The zero-order chi connectivity index (χ0) is 12.1. The highest BCUT2D eigenvalue weighted by Crippen LogP contribution is 2.30. The van der Waals surface area contributed by atoms with Gasteiger partial charge in [-0.05, 0) is 11.1 Å². The lowest BCUT2D eigenvalue weighted by Crippen LogP contribution is -2.13. The molecule has 0 spiro atoms. The Hall–Kier alpha value is -1.68. The quantitative estimate of drug-likeness (QED) is 0.627. The second-order valence-corrected chi connectivity index (χ2v) is 3.79. The standard InChI is InChI=1S/C14H14O3/c15-13(11-7-3-1-4-8-11)14(17-16)12-9-5-2-6-10-12/h1-10,13-16H. The van der Waals surface area contributed by atoms with Gasteiger partial charge in [-0.25, -0.2) is 4.89 Å². The number of aliphatic hydroxyl groups is 1. The van der Waals surface area contributed by atoms with Gasteiger partial charge in [0.25, 0.3) is 0 Å². The Morgan fingerprint density at radius 3 is 1.71 bits per heavy atom. The molecule has 0 aliphatic carbocycles. The normalized spacial score (nSPS) is 14.2. The SMILES string of the molecule is OOC(c1ccccc1)C(O)c1ccccc1. The summed E-state index contributed by atoms with van der Waals surface area (Å²) in [5.74, 6) is 0. The predicted octanol–water partition coefficient (Wildman–Crippen LogP) is 2.95. The molecule has 0 bridgehead atoms. The van der Waals surface area contributed by atoms with Crippen molar-refractivity contribution in [3.8, 4) is 0 Å². The molecule has 3 nitrogen and oxygen atoms in total. The number of hydrogen-bond acceptors (Lipinski definition) is 3. The number of rotatable bonds is 4. The monoisotopic (exact) mass is 230 g/mol. The number of aliphatic hydroxyl groups excluding tert-OH is 1. The van der Waals surface area contributed by atoms with Gasteiger partial charge in [0.2, 0.25) is 0 Å². The van der Waals surface area contributed by atoms with Gasteiger partial charge in [0.1, 0.15) is 12.2 Å². The molecule has 17 heavy (non-hydrogen) atoms. The Morgan fingerprint density at radius 1 is 0.765 bits per heavy atom. The van der Waals surface area contributed by atoms with Crippen LogP contribution >= 0.6 is 0 Å². The third kappa shape index (κ3) is 2.71. The third-order valence-corrected chi connectivity index (χ3v) is 2.67. The van der Waals surface area contributed by atoms with Crippen molar-refractivity contribution in [3.05, 3.63) is 71.8 Å². The van der Waals surface area contributed by atoms with Crippen LogP contribution < -0.4 is 0 Å². The molecule has 2 aromatic carbocycles. The molecule has 0 aromatic heterocycles. The van der Waals surface area contributed by atoms with Crippen molar-refractivity contribution in [3.63, 3.8) is 0 Å². The first-order valence-electron chi connectivity index (χ1n) is 5.41. The minimum Gasteiger partial charge on any atom is -0.385 e. The Labute approximate surface area is 99.8 Å². The molecule has 2 N–H and O–H groups in total. The van der Waals surface area contributed by atoms with Gasteiger partial charge in [-0.2, -0.15) is 0 Å². The zero-order valence-electron chi connectivity index (χ0n) is 9.23. The summed E-state index contributed by atoms with van der Waals surface area (Å²) in [6.45, 7) is 0. The van der Waals surface area contributed by atoms with Crippen LogP contribution in [-0.2, 0) is 4.89 Å². The largest absolute Gasteiger partial charge is 0.385 e. The van der Waals surface area contributed by atoms with Crippen LogP contribution in [0, 0.1) is 0 Å². The van der Waals surface area contributed by atoms with Crippen molar-refractivity contribution < 1.29 is 15.3 Å². The molecule has 3 heteroatoms. The van der Waals surface area contributed by atoms with Gasteiger partial charge in [0, 0.05) is 0 Å². The first-order chi connectivity index (χ1) is 8.33. The van der Waals surface area contributed by atoms with Crippen LogP contribution in [0.5, 0.6) is 0 Å². The summed E-state index contributed by atoms with van der Waals surface area (Å²) in [7, 11) is 0. The fraction of sp³-hybridized carbons (Fsp3) is 0.143. The van der Waals surface area contributed by atoms with Gasteiger partial charge < -0.3 is 5.11 Å². The van der Waals surface area contributed by atoms with E-state index >= 15 is 0 Å². The van der Waals surface area contributed by atoms with Gasteiger partial charge in [-0.1, -0.05) is 60.7 Å². The summed E-state index contributed by atoms with van der Waals surface area (Å²) in [6.07, 6.45) is -1.68. The van der Waals surface area contributed by atoms with E-state index in [0.717, 1.165) is 5.56 Å². The van der Waals surface area contributed by atoms with E-state index in [1.54, 1.807) is 24.3 Å². The van der Waals surface area contributed by atoms with Gasteiger partial charge in [0.05, 0.1) is 0 Å². The maximum absolute atomic E-state index is 10.1. The van der Waals surface area contributed by atoms with Crippen molar-refractivity contribution in [1.29, 1.82) is 0 Å². The summed E-state index contributed by atoms with van der Waals surface area (Å²) in [4.78, 5) is 4.40. The van der Waals surface area contributed by atoms with Crippen LogP contribution in [0.2, 0.25) is 0 Å². The summed E-state index contributed by atoms with van der Waals surface area (Å²) >= 11 is 0. The van der Waals surface area contributed by atoms with E-state index in [9.17, 15) is 5.11 Å². The van der Waals surface area contributed by atoms with Crippen LogP contribution in [0.1, 0.15) is 23.3 Å². The fourth-order valence-electron chi connectivity index (χ4n) is 1.77. The molecule has 88 valence electrons. The molecule has 0 saturated heterocycles. The average molecular weight is 230 g/mol. The Kier molecular flexibility index (Phi) is 3.88. The summed E-state index contributed by atoms with van der Waals surface area (Å²) in [6, 6.07) is 18.2. The Morgan fingerprint density at radius 2 is 1.24 bits per heavy atom. The maximum Gasteiger partial charge on any atom is 0.148 e. The summed E-state index contributed by atoms with van der Waals surface area (Å²) in [5, 5.41) is 19.1. The molecule has 0 aliphatic heterocycles. The van der Waals surface area contributed by atoms with Crippen molar-refractivity contribution in [1.82, 2.24) is 0 Å². The lowest BCUT2D eigenvalue weighted by molar-refractivity contribution is -0.301. The molecular weight excluding hydrogens is 216 g/mol. The van der Waals surface area contributed by atoms with Gasteiger partial charge in [-0.15, -0.1) is 0 Å². The highest BCUT2D eigenvalue weighted by molar-refractivity contribution is 5.24. The molecular formula is C14H14O3. The van der Waals surface area contributed by atoms with E-state index < -0.39 is 12.2 Å². The molecule has 0 heterocycles. The van der Waals surface area contributed by atoms with E-state index in [2.05, 4.69) is 4.89 Å². The topological polar surface area (TPSA) is 49.7 Å². The molecule has 0 aliphatic rings. The van der Waals surface area contributed by atoms with E-state index in [1.165, 1.54) is 0 Å². The molecule has 2 atom stereocenters. The molecule has 2 unspecified atom stereocenters. The van der Waals surface area contributed by atoms with Crippen LogP contribution in [0.3, 0.4) is 0 Å². The van der Waals surface area contributed by atoms with E-state index in [-0.39, 0.29) is 0 Å². The molecule has 0 saturated carbocycles. The van der Waals surface area contributed by atoms with Crippen LogP contribution in [0.15, 0.2) is 60.7 Å². The highest BCUT2D eigenvalue weighted by atomic mass is 17.1. The molecule has 2 aromatic rings. The first kappa shape index (κ1) is 11.8. The third-order valence-electron chi connectivity index (χ3n) is 2.67. The number of benzene rings is 2. The average Bonchev–Trinajstić information content (AvgIpc) is 2.42. The molecule has 0 amide bonds. The minimum atomic E-state index is -0.899. The second kappa shape index (κ2) is 5.59. The van der Waals surface area contributed by atoms with Gasteiger partial charge in [0.15, 0.2) is 0 Å². The smallest absolute Gasteiger partial charge is 0.148 e. The van der Waals surface area contributed by atoms with Gasteiger partial charge >= 0.3 is 0 Å². The first-order valence-corrected chi connectivity index (χ1v) is 5.41. The van der Waals surface area contributed by atoms with E-state index in [1.807, 2.05) is 36.4 Å². The summed E-state index contributed by atoms with van der Waals surface area (Å²) < 4.78 is 0. The van der Waals surface area contributed by atoms with Crippen LogP contribution in [0.4, 0.5) is 0 Å². The van der Waals surface area contributed by atoms with Crippen molar-refractivity contribution in [2.45, 2.75) is 12.2 Å². The van der Waals surface area contributed by atoms with E-state index in [4.69, 9.17) is 5.26 Å². The molecule has 0 fully saturated rings. The van der Waals surface area contributed by atoms with Crippen molar-refractivity contribution in [2.24, 2.45) is 0 Å². The Bertz CT molecular complexity index is 442. The number of hydrogen-bond donors (Lipinski definition) is 2. The Balaban J connectivity index is 2.25. The summed E-state index contributed by atoms with van der Waals surface area (Å²) in [5.41, 5.74) is 1.43. The zero-order valence-corrected chi connectivity index (χ0v) is 9.23. The highest BCUT2D eigenvalue weighted by Gasteiger charge is 2.23. The minimum absolute atomic E-state index is 0.704. The van der Waals surface area contributed by atoms with Gasteiger partial charge in [-0.3, -0.25) is 5.26 Å².